The monoisotopic (exact) mass is 251 g/mol. The Kier molecular flexibility index (Phi) is 3.23. The maximum absolute atomic E-state index is 11.9. The zero-order chi connectivity index (χ0) is 13.4. The average molecular weight is 251 g/mol. The number of aliphatic hydroxyl groups is 1. The molecule has 0 aliphatic heterocycles. The van der Waals surface area contributed by atoms with E-state index in [1.54, 1.807) is 18.4 Å². The first kappa shape index (κ1) is 13.1. The Labute approximate surface area is 107 Å². The zero-order valence-corrected chi connectivity index (χ0v) is 11.2. The molecule has 1 atom stereocenters. The summed E-state index contributed by atoms with van der Waals surface area (Å²) in [6, 6.07) is 3.52. The van der Waals surface area contributed by atoms with Gasteiger partial charge in [-0.3, -0.25) is 4.79 Å². The van der Waals surface area contributed by atoms with E-state index in [1.165, 1.54) is 0 Å². The number of hydrogen-bond donors (Lipinski definition) is 2. The van der Waals surface area contributed by atoms with Crippen LogP contribution in [-0.4, -0.2) is 17.6 Å². The van der Waals surface area contributed by atoms with Crippen molar-refractivity contribution in [3.8, 4) is 0 Å². The maximum atomic E-state index is 11.9. The van der Waals surface area contributed by atoms with Gasteiger partial charge >= 0.3 is 0 Å². The SMILES string of the molecule is CC(C)(C)C(=O)NC[C@](O)(c1ccco1)C1CC1. The summed E-state index contributed by atoms with van der Waals surface area (Å²) in [5.41, 5.74) is -1.52. The van der Waals surface area contributed by atoms with Crippen LogP contribution >= 0.6 is 0 Å². The minimum Gasteiger partial charge on any atom is -0.466 e. The summed E-state index contributed by atoms with van der Waals surface area (Å²) >= 11 is 0. The summed E-state index contributed by atoms with van der Waals surface area (Å²) < 4.78 is 5.32. The molecule has 1 aliphatic carbocycles. The molecule has 1 fully saturated rings. The molecule has 4 heteroatoms. The molecular weight excluding hydrogens is 230 g/mol. The van der Waals surface area contributed by atoms with Gasteiger partial charge in [-0.2, -0.15) is 0 Å². The summed E-state index contributed by atoms with van der Waals surface area (Å²) in [6.45, 7) is 5.77. The van der Waals surface area contributed by atoms with Crippen molar-refractivity contribution in [1.82, 2.24) is 5.32 Å². The fourth-order valence-corrected chi connectivity index (χ4v) is 2.00. The van der Waals surface area contributed by atoms with Gasteiger partial charge in [0.2, 0.25) is 5.91 Å². The van der Waals surface area contributed by atoms with Crippen molar-refractivity contribution in [2.24, 2.45) is 11.3 Å². The number of furan rings is 1. The normalized spacial score (nSPS) is 19.3. The molecule has 0 saturated heterocycles. The smallest absolute Gasteiger partial charge is 0.225 e. The molecule has 0 spiro atoms. The average Bonchev–Trinajstić information content (AvgIpc) is 3.00. The molecule has 0 radical (unpaired) electrons. The molecular formula is C14H21NO3. The molecule has 2 N–H and O–H groups in total. The fraction of sp³-hybridized carbons (Fsp3) is 0.643. The number of carbonyl (C=O) groups is 1. The first-order chi connectivity index (χ1) is 8.34. The lowest BCUT2D eigenvalue weighted by molar-refractivity contribution is -0.130. The Bertz CT molecular complexity index is 415. The molecule has 0 bridgehead atoms. The highest BCUT2D eigenvalue weighted by Gasteiger charge is 2.47. The molecule has 0 unspecified atom stereocenters. The van der Waals surface area contributed by atoms with E-state index in [1.807, 2.05) is 20.8 Å². The minimum absolute atomic E-state index is 0.0619. The van der Waals surface area contributed by atoms with Gasteiger partial charge in [0, 0.05) is 5.41 Å². The highest BCUT2D eigenvalue weighted by atomic mass is 16.4. The number of nitrogens with one attached hydrogen (secondary N) is 1. The lowest BCUT2D eigenvalue weighted by atomic mass is 9.92. The number of hydrogen-bond acceptors (Lipinski definition) is 3. The lowest BCUT2D eigenvalue weighted by Crippen LogP contribution is -2.45. The Hall–Kier alpha value is -1.29. The van der Waals surface area contributed by atoms with Crippen molar-refractivity contribution in [3.05, 3.63) is 24.2 Å². The maximum Gasteiger partial charge on any atom is 0.225 e. The van der Waals surface area contributed by atoms with Crippen LogP contribution in [0.15, 0.2) is 22.8 Å². The molecule has 1 aliphatic rings. The quantitative estimate of drug-likeness (QED) is 0.860. The van der Waals surface area contributed by atoms with Crippen LogP contribution in [0.25, 0.3) is 0 Å². The van der Waals surface area contributed by atoms with Gasteiger partial charge in [-0.05, 0) is 30.9 Å². The van der Waals surface area contributed by atoms with Crippen LogP contribution in [0.2, 0.25) is 0 Å². The number of amides is 1. The van der Waals surface area contributed by atoms with Crippen LogP contribution in [0.3, 0.4) is 0 Å². The Morgan fingerprint density at radius 1 is 1.50 bits per heavy atom. The van der Waals surface area contributed by atoms with Gasteiger partial charge in [0.25, 0.3) is 0 Å². The Morgan fingerprint density at radius 3 is 2.61 bits per heavy atom. The van der Waals surface area contributed by atoms with Crippen molar-refractivity contribution < 1.29 is 14.3 Å². The molecule has 18 heavy (non-hydrogen) atoms. The first-order valence-corrected chi connectivity index (χ1v) is 6.39. The van der Waals surface area contributed by atoms with E-state index in [0.717, 1.165) is 12.8 Å². The molecule has 1 amide bonds. The van der Waals surface area contributed by atoms with E-state index in [9.17, 15) is 9.90 Å². The molecule has 2 rings (SSSR count). The van der Waals surface area contributed by atoms with Gasteiger partial charge < -0.3 is 14.8 Å². The van der Waals surface area contributed by atoms with Gasteiger partial charge in [0.1, 0.15) is 11.4 Å². The third kappa shape index (κ3) is 2.58. The predicted molar refractivity (Wildman–Crippen MR) is 67.8 cm³/mol. The number of carbonyl (C=O) groups excluding carboxylic acids is 1. The van der Waals surface area contributed by atoms with Crippen molar-refractivity contribution in [2.75, 3.05) is 6.54 Å². The lowest BCUT2D eigenvalue weighted by Gasteiger charge is -2.28. The Balaban J connectivity index is 2.06. The second-order valence-corrected chi connectivity index (χ2v) is 6.11. The van der Waals surface area contributed by atoms with E-state index in [2.05, 4.69) is 5.32 Å². The van der Waals surface area contributed by atoms with Crippen LogP contribution < -0.4 is 5.32 Å². The topological polar surface area (TPSA) is 62.5 Å². The molecule has 1 aromatic heterocycles. The van der Waals surface area contributed by atoms with Gasteiger partial charge in [0.05, 0.1) is 12.8 Å². The van der Waals surface area contributed by atoms with Gasteiger partial charge in [-0.15, -0.1) is 0 Å². The van der Waals surface area contributed by atoms with Crippen molar-refractivity contribution in [3.63, 3.8) is 0 Å². The third-order valence-electron chi connectivity index (χ3n) is 3.40. The second-order valence-electron chi connectivity index (χ2n) is 6.11. The third-order valence-corrected chi connectivity index (χ3v) is 3.40. The molecule has 0 aromatic carbocycles. The van der Waals surface area contributed by atoms with Crippen molar-refractivity contribution >= 4 is 5.91 Å². The second kappa shape index (κ2) is 4.43. The highest BCUT2D eigenvalue weighted by Crippen LogP contribution is 2.45. The summed E-state index contributed by atoms with van der Waals surface area (Å²) in [6.07, 6.45) is 3.50. The summed E-state index contributed by atoms with van der Waals surface area (Å²) in [5.74, 6) is 0.663. The largest absolute Gasteiger partial charge is 0.466 e. The first-order valence-electron chi connectivity index (χ1n) is 6.39. The minimum atomic E-state index is -1.07. The fourth-order valence-electron chi connectivity index (χ4n) is 2.00. The zero-order valence-electron chi connectivity index (χ0n) is 11.2. The van der Waals surface area contributed by atoms with Gasteiger partial charge in [0.15, 0.2) is 0 Å². The van der Waals surface area contributed by atoms with Gasteiger partial charge in [-0.25, -0.2) is 0 Å². The molecule has 4 nitrogen and oxygen atoms in total. The van der Waals surface area contributed by atoms with E-state index >= 15 is 0 Å². The number of rotatable bonds is 4. The summed E-state index contributed by atoms with van der Waals surface area (Å²) in [5, 5.41) is 13.5. The molecule has 100 valence electrons. The molecule has 1 heterocycles. The van der Waals surface area contributed by atoms with Crippen molar-refractivity contribution in [2.45, 2.75) is 39.2 Å². The summed E-state index contributed by atoms with van der Waals surface area (Å²) in [4.78, 5) is 11.9. The standard InChI is InChI=1S/C14H21NO3/c1-13(2,3)12(16)15-9-14(17,10-6-7-10)11-5-4-8-18-11/h4-5,8,10,17H,6-7,9H2,1-3H3,(H,15,16)/t14-/m1/s1. The van der Waals surface area contributed by atoms with Crippen LogP contribution in [0, 0.1) is 11.3 Å². The van der Waals surface area contributed by atoms with Crippen LogP contribution in [-0.2, 0) is 10.4 Å². The predicted octanol–water partition coefficient (Wildman–Crippen LogP) is 2.04. The van der Waals surface area contributed by atoms with E-state index in [4.69, 9.17) is 4.42 Å². The van der Waals surface area contributed by atoms with E-state index in [0.29, 0.717) is 5.76 Å². The molecule has 1 saturated carbocycles. The van der Waals surface area contributed by atoms with Crippen LogP contribution in [0.4, 0.5) is 0 Å². The summed E-state index contributed by atoms with van der Waals surface area (Å²) in [7, 11) is 0. The van der Waals surface area contributed by atoms with Crippen molar-refractivity contribution in [1.29, 1.82) is 0 Å². The van der Waals surface area contributed by atoms with Crippen LogP contribution in [0.5, 0.6) is 0 Å². The Morgan fingerprint density at radius 2 is 2.17 bits per heavy atom. The van der Waals surface area contributed by atoms with E-state index in [-0.39, 0.29) is 18.4 Å². The van der Waals surface area contributed by atoms with Crippen LogP contribution in [0.1, 0.15) is 39.4 Å². The highest BCUT2D eigenvalue weighted by molar-refractivity contribution is 5.81. The molecule has 1 aromatic rings. The van der Waals surface area contributed by atoms with E-state index < -0.39 is 11.0 Å². The van der Waals surface area contributed by atoms with Gasteiger partial charge in [-0.1, -0.05) is 20.8 Å².